The zero-order valence-electron chi connectivity index (χ0n) is 13.6. The van der Waals surface area contributed by atoms with Gasteiger partial charge in [-0.3, -0.25) is 9.59 Å². The zero-order valence-corrected chi connectivity index (χ0v) is 13.6. The van der Waals surface area contributed by atoms with E-state index < -0.39 is 6.04 Å². The third-order valence-corrected chi connectivity index (χ3v) is 3.88. The van der Waals surface area contributed by atoms with Crippen LogP contribution in [0.2, 0.25) is 0 Å². The molecule has 21 heavy (non-hydrogen) atoms. The number of likely N-dealkylation sites (N-methyl/N-ethyl adjacent to an activating group) is 1. The average Bonchev–Trinajstić information content (AvgIpc) is 2.94. The molecule has 1 saturated heterocycles. The summed E-state index contributed by atoms with van der Waals surface area (Å²) in [5.41, 5.74) is 0. The largest absolute Gasteiger partial charge is 0.379 e. The Morgan fingerprint density at radius 2 is 1.90 bits per heavy atom. The summed E-state index contributed by atoms with van der Waals surface area (Å²) in [5.74, 6) is -0.358. The third kappa shape index (κ3) is 4.97. The van der Waals surface area contributed by atoms with Crippen molar-refractivity contribution in [3.05, 3.63) is 0 Å². The molecule has 0 bridgehead atoms. The second-order valence-electron chi connectivity index (χ2n) is 5.45. The summed E-state index contributed by atoms with van der Waals surface area (Å²) in [4.78, 5) is 26.2. The van der Waals surface area contributed by atoms with E-state index in [-0.39, 0.29) is 23.8 Å². The summed E-state index contributed by atoms with van der Waals surface area (Å²) in [5, 5.41) is 6.16. The van der Waals surface area contributed by atoms with Gasteiger partial charge >= 0.3 is 0 Å². The van der Waals surface area contributed by atoms with Crippen LogP contribution in [0.15, 0.2) is 0 Å². The van der Waals surface area contributed by atoms with Crippen molar-refractivity contribution in [2.75, 3.05) is 32.8 Å². The molecule has 0 aliphatic carbocycles. The second kappa shape index (κ2) is 9.00. The highest BCUT2D eigenvalue weighted by Crippen LogP contribution is 2.14. The van der Waals surface area contributed by atoms with Gasteiger partial charge in [0.15, 0.2) is 0 Å². The van der Waals surface area contributed by atoms with Gasteiger partial charge in [-0.25, -0.2) is 0 Å². The van der Waals surface area contributed by atoms with Crippen LogP contribution in [0.3, 0.4) is 0 Å². The number of hydrogen-bond donors (Lipinski definition) is 2. The topological polar surface area (TPSA) is 70.7 Å². The highest BCUT2D eigenvalue weighted by Gasteiger charge is 2.35. The van der Waals surface area contributed by atoms with Crippen molar-refractivity contribution in [2.45, 2.75) is 46.2 Å². The molecule has 0 aromatic carbocycles. The molecule has 3 atom stereocenters. The molecule has 6 heteroatoms. The second-order valence-corrected chi connectivity index (χ2v) is 5.45. The fraction of sp³-hybridized carbons (Fsp3) is 0.867. The molecule has 1 aliphatic heterocycles. The minimum atomic E-state index is -0.496. The van der Waals surface area contributed by atoms with E-state index in [2.05, 4.69) is 17.6 Å². The Labute approximate surface area is 127 Å². The predicted molar refractivity (Wildman–Crippen MR) is 81.9 cm³/mol. The molecule has 0 radical (unpaired) electrons. The van der Waals surface area contributed by atoms with Crippen molar-refractivity contribution < 1.29 is 14.3 Å². The molecule has 1 rings (SSSR count). The van der Waals surface area contributed by atoms with Gasteiger partial charge in [0.1, 0.15) is 6.04 Å². The maximum Gasteiger partial charge on any atom is 0.244 e. The lowest BCUT2D eigenvalue weighted by Gasteiger charge is -2.25. The van der Waals surface area contributed by atoms with Gasteiger partial charge in [-0.05, 0) is 33.7 Å². The van der Waals surface area contributed by atoms with E-state index >= 15 is 0 Å². The van der Waals surface area contributed by atoms with Crippen LogP contribution in [0, 0.1) is 5.92 Å². The van der Waals surface area contributed by atoms with Gasteiger partial charge in [0.2, 0.25) is 11.8 Å². The van der Waals surface area contributed by atoms with Crippen molar-refractivity contribution in [1.29, 1.82) is 0 Å². The summed E-state index contributed by atoms with van der Waals surface area (Å²) in [6, 6.07) is -0.453. The summed E-state index contributed by atoms with van der Waals surface area (Å²) < 4.78 is 5.40. The summed E-state index contributed by atoms with van der Waals surface area (Å²) in [6.45, 7) is 10.8. The van der Waals surface area contributed by atoms with Gasteiger partial charge in [-0.2, -0.15) is 0 Å². The fourth-order valence-electron chi connectivity index (χ4n) is 2.53. The molecule has 6 nitrogen and oxygen atoms in total. The smallest absolute Gasteiger partial charge is 0.244 e. The van der Waals surface area contributed by atoms with Gasteiger partial charge in [-0.1, -0.05) is 6.92 Å². The third-order valence-electron chi connectivity index (χ3n) is 3.88. The maximum absolute atomic E-state index is 12.3. The summed E-state index contributed by atoms with van der Waals surface area (Å²) >= 11 is 0. The van der Waals surface area contributed by atoms with Gasteiger partial charge < -0.3 is 20.3 Å². The van der Waals surface area contributed by atoms with E-state index in [1.54, 1.807) is 11.8 Å². The molecule has 1 fully saturated rings. The standard InChI is InChI=1S/C15H29N3O3/c1-5-8-16-13-10-21-9-12(13)14(19)17-11(4)15(20)18(6-2)7-3/h11-13,16H,5-10H2,1-4H3,(H,17,19). The highest BCUT2D eigenvalue weighted by atomic mass is 16.5. The van der Waals surface area contributed by atoms with Crippen LogP contribution in [-0.2, 0) is 14.3 Å². The maximum atomic E-state index is 12.3. The molecular weight excluding hydrogens is 270 g/mol. The van der Waals surface area contributed by atoms with E-state index in [4.69, 9.17) is 4.74 Å². The molecule has 2 amide bonds. The molecule has 122 valence electrons. The highest BCUT2D eigenvalue weighted by molar-refractivity contribution is 5.88. The van der Waals surface area contributed by atoms with Crippen LogP contribution < -0.4 is 10.6 Å². The van der Waals surface area contributed by atoms with Crippen molar-refractivity contribution in [3.8, 4) is 0 Å². The Morgan fingerprint density at radius 1 is 1.24 bits per heavy atom. The van der Waals surface area contributed by atoms with E-state index in [1.807, 2.05) is 13.8 Å². The molecule has 1 heterocycles. The van der Waals surface area contributed by atoms with E-state index in [0.29, 0.717) is 26.3 Å². The Morgan fingerprint density at radius 3 is 2.48 bits per heavy atom. The minimum absolute atomic E-state index is 0.0367. The quantitative estimate of drug-likeness (QED) is 0.679. The Bertz CT molecular complexity index is 345. The summed E-state index contributed by atoms with van der Waals surface area (Å²) in [6.07, 6.45) is 1.02. The normalized spacial score (nSPS) is 22.9. The van der Waals surface area contributed by atoms with Gasteiger partial charge in [-0.15, -0.1) is 0 Å². The first-order valence-electron chi connectivity index (χ1n) is 7.95. The average molecular weight is 299 g/mol. The van der Waals surface area contributed by atoms with Crippen molar-refractivity contribution in [2.24, 2.45) is 5.92 Å². The minimum Gasteiger partial charge on any atom is -0.379 e. The number of nitrogens with zero attached hydrogens (tertiary/aromatic N) is 1. The SMILES string of the molecule is CCCNC1COCC1C(=O)NC(C)C(=O)N(CC)CC. The molecule has 1 aliphatic rings. The molecule has 0 saturated carbocycles. The molecule has 3 unspecified atom stereocenters. The molecule has 0 aromatic rings. The Hall–Kier alpha value is -1.14. The van der Waals surface area contributed by atoms with Gasteiger partial charge in [0, 0.05) is 19.1 Å². The first-order chi connectivity index (χ1) is 10.0. The lowest BCUT2D eigenvalue weighted by atomic mass is 10.0. The van der Waals surface area contributed by atoms with Crippen LogP contribution in [0.25, 0.3) is 0 Å². The molecular formula is C15H29N3O3. The van der Waals surface area contributed by atoms with Crippen LogP contribution in [0.4, 0.5) is 0 Å². The number of ether oxygens (including phenoxy) is 1. The van der Waals surface area contributed by atoms with Crippen LogP contribution in [-0.4, -0.2) is 61.6 Å². The first-order valence-corrected chi connectivity index (χ1v) is 7.95. The monoisotopic (exact) mass is 299 g/mol. The number of rotatable bonds is 8. The van der Waals surface area contributed by atoms with Crippen molar-refractivity contribution in [3.63, 3.8) is 0 Å². The van der Waals surface area contributed by atoms with E-state index in [0.717, 1.165) is 13.0 Å². The van der Waals surface area contributed by atoms with Crippen LogP contribution in [0.1, 0.15) is 34.1 Å². The number of amides is 2. The Kier molecular flexibility index (Phi) is 7.67. The molecule has 0 spiro atoms. The Balaban J connectivity index is 2.53. The summed E-state index contributed by atoms with van der Waals surface area (Å²) in [7, 11) is 0. The predicted octanol–water partition coefficient (Wildman–Crippen LogP) is 0.374. The van der Waals surface area contributed by atoms with E-state index in [1.165, 1.54) is 0 Å². The van der Waals surface area contributed by atoms with Crippen molar-refractivity contribution in [1.82, 2.24) is 15.5 Å². The van der Waals surface area contributed by atoms with Gasteiger partial charge in [0.05, 0.1) is 19.1 Å². The number of carbonyl (C=O) groups excluding carboxylic acids is 2. The lowest BCUT2D eigenvalue weighted by molar-refractivity contribution is -0.136. The number of nitrogens with one attached hydrogen (secondary N) is 2. The molecule has 2 N–H and O–H groups in total. The number of carbonyl (C=O) groups is 2. The fourth-order valence-corrected chi connectivity index (χ4v) is 2.53. The van der Waals surface area contributed by atoms with Crippen LogP contribution in [0.5, 0.6) is 0 Å². The van der Waals surface area contributed by atoms with Crippen molar-refractivity contribution >= 4 is 11.8 Å². The first kappa shape index (κ1) is 17.9. The van der Waals surface area contributed by atoms with Crippen LogP contribution >= 0.6 is 0 Å². The lowest BCUT2D eigenvalue weighted by Crippen LogP contribution is -2.51. The molecule has 0 aromatic heterocycles. The zero-order chi connectivity index (χ0) is 15.8. The van der Waals surface area contributed by atoms with E-state index in [9.17, 15) is 9.59 Å². The number of hydrogen-bond acceptors (Lipinski definition) is 4. The van der Waals surface area contributed by atoms with Gasteiger partial charge in [0.25, 0.3) is 0 Å².